The molecule has 0 N–H and O–H groups in total. The molecule has 0 spiro atoms. The van der Waals surface area contributed by atoms with E-state index >= 15 is 0 Å². The van der Waals surface area contributed by atoms with Gasteiger partial charge in [0.25, 0.3) is 0 Å². The second-order valence-corrected chi connectivity index (χ2v) is 14.4. The van der Waals surface area contributed by atoms with Crippen molar-refractivity contribution in [2.24, 2.45) is 0 Å². The van der Waals surface area contributed by atoms with Gasteiger partial charge in [-0.2, -0.15) is 0 Å². The summed E-state index contributed by atoms with van der Waals surface area (Å²) in [6.07, 6.45) is 0. The molecule has 0 saturated carbocycles. The molecular formula is C48H30N2S. The maximum atomic E-state index is 2.49. The fourth-order valence-electron chi connectivity index (χ4n) is 8.24. The molecule has 0 fully saturated rings. The van der Waals surface area contributed by atoms with Crippen LogP contribution in [-0.4, -0.2) is 9.13 Å². The molecule has 51 heavy (non-hydrogen) atoms. The SMILES string of the molecule is c1ccc(-c2cccc(-c3cccc(-n4c5ccccc5c5ccc6c(c7ccccc7n6-c6ccc7c(c6)sc6ccccc67)c54)c3)c2)cc1. The summed E-state index contributed by atoms with van der Waals surface area (Å²) in [5.41, 5.74) is 12.0. The van der Waals surface area contributed by atoms with Gasteiger partial charge in [0.15, 0.2) is 0 Å². The first kappa shape index (κ1) is 28.4. The van der Waals surface area contributed by atoms with Crippen LogP contribution >= 0.6 is 11.3 Å². The van der Waals surface area contributed by atoms with Crippen LogP contribution in [0.5, 0.6) is 0 Å². The van der Waals surface area contributed by atoms with Crippen molar-refractivity contribution in [2.75, 3.05) is 0 Å². The molecule has 0 saturated heterocycles. The Morgan fingerprint density at radius 3 is 1.75 bits per heavy atom. The predicted octanol–water partition coefficient (Wildman–Crippen LogP) is 13.6. The van der Waals surface area contributed by atoms with Crippen molar-refractivity contribution in [1.82, 2.24) is 9.13 Å². The molecule has 0 bridgehead atoms. The third-order valence-electron chi connectivity index (χ3n) is 10.5. The number of para-hydroxylation sites is 2. The maximum Gasteiger partial charge on any atom is 0.0641 e. The van der Waals surface area contributed by atoms with E-state index in [2.05, 4.69) is 191 Å². The highest BCUT2D eigenvalue weighted by Crippen LogP contribution is 2.43. The van der Waals surface area contributed by atoms with Crippen LogP contribution in [0.3, 0.4) is 0 Å². The molecule has 3 aromatic heterocycles. The van der Waals surface area contributed by atoms with E-state index in [1.54, 1.807) is 0 Å². The highest BCUT2D eigenvalue weighted by atomic mass is 32.1. The summed E-state index contributed by atoms with van der Waals surface area (Å²) < 4.78 is 7.58. The second-order valence-electron chi connectivity index (χ2n) is 13.3. The Balaban J connectivity index is 1.18. The summed E-state index contributed by atoms with van der Waals surface area (Å²) in [6.45, 7) is 0. The van der Waals surface area contributed by atoms with Crippen LogP contribution in [0.1, 0.15) is 0 Å². The Kier molecular flexibility index (Phi) is 6.16. The van der Waals surface area contributed by atoms with Crippen LogP contribution in [0.4, 0.5) is 0 Å². The largest absolute Gasteiger partial charge is 0.309 e. The van der Waals surface area contributed by atoms with Crippen LogP contribution in [-0.2, 0) is 0 Å². The molecule has 0 aliphatic carbocycles. The summed E-state index contributed by atoms with van der Waals surface area (Å²) in [4.78, 5) is 0. The first-order chi connectivity index (χ1) is 25.3. The van der Waals surface area contributed by atoms with E-state index in [-0.39, 0.29) is 0 Å². The molecule has 8 aromatic carbocycles. The Morgan fingerprint density at radius 1 is 0.314 bits per heavy atom. The molecule has 11 aromatic rings. The van der Waals surface area contributed by atoms with E-state index in [0.29, 0.717) is 0 Å². The Morgan fingerprint density at radius 2 is 0.902 bits per heavy atom. The van der Waals surface area contributed by atoms with Crippen molar-refractivity contribution in [3.63, 3.8) is 0 Å². The smallest absolute Gasteiger partial charge is 0.0641 e. The Hall–Kier alpha value is -6.42. The van der Waals surface area contributed by atoms with Gasteiger partial charge in [0.1, 0.15) is 0 Å². The average Bonchev–Trinajstić information content (AvgIpc) is 3.85. The normalized spacial score (nSPS) is 11.9. The maximum absolute atomic E-state index is 2.49. The lowest BCUT2D eigenvalue weighted by atomic mass is 9.99. The molecule has 3 heterocycles. The van der Waals surface area contributed by atoms with Crippen LogP contribution in [0.15, 0.2) is 182 Å². The van der Waals surface area contributed by atoms with Gasteiger partial charge in [0.2, 0.25) is 0 Å². The van der Waals surface area contributed by atoms with Gasteiger partial charge in [-0.05, 0) is 76.9 Å². The number of benzene rings is 8. The van der Waals surface area contributed by atoms with Gasteiger partial charge in [-0.3, -0.25) is 0 Å². The third-order valence-corrected chi connectivity index (χ3v) is 11.6. The van der Waals surface area contributed by atoms with Crippen molar-refractivity contribution in [1.29, 1.82) is 0 Å². The van der Waals surface area contributed by atoms with Crippen LogP contribution in [0.25, 0.3) is 97.4 Å². The van der Waals surface area contributed by atoms with Crippen molar-refractivity contribution in [2.45, 2.75) is 0 Å². The van der Waals surface area contributed by atoms with E-state index < -0.39 is 0 Å². The zero-order valence-corrected chi connectivity index (χ0v) is 28.4. The van der Waals surface area contributed by atoms with E-state index in [0.717, 1.165) is 5.69 Å². The minimum Gasteiger partial charge on any atom is -0.309 e. The molecule has 0 unspecified atom stereocenters. The molecule has 0 atom stereocenters. The fourth-order valence-corrected chi connectivity index (χ4v) is 9.38. The van der Waals surface area contributed by atoms with Crippen LogP contribution < -0.4 is 0 Å². The molecule has 0 aliphatic rings. The predicted molar refractivity (Wildman–Crippen MR) is 219 cm³/mol. The minimum atomic E-state index is 1.15. The van der Waals surface area contributed by atoms with Crippen LogP contribution in [0.2, 0.25) is 0 Å². The van der Waals surface area contributed by atoms with Crippen molar-refractivity contribution >= 4 is 75.1 Å². The van der Waals surface area contributed by atoms with Crippen molar-refractivity contribution < 1.29 is 0 Å². The zero-order chi connectivity index (χ0) is 33.5. The lowest BCUT2D eigenvalue weighted by Crippen LogP contribution is -1.96. The Labute approximate surface area is 298 Å². The third kappa shape index (κ3) is 4.29. The van der Waals surface area contributed by atoms with Gasteiger partial charge < -0.3 is 9.13 Å². The van der Waals surface area contributed by atoms with Gasteiger partial charge in [-0.15, -0.1) is 11.3 Å². The first-order valence-corrected chi connectivity index (χ1v) is 18.3. The molecule has 3 heteroatoms. The standard InChI is InChI=1S/C48H30N2S/c1-2-12-31(13-3-1)32-14-10-15-33(28-32)34-16-11-17-35(29-34)50-42-21-7-4-18-37(42)40-26-27-44-47(48(40)50)41-20-5-8-22-43(41)49(44)36-24-25-39-38-19-6-9-23-45(38)51-46(39)30-36/h1-30H. The molecule has 0 amide bonds. The summed E-state index contributed by atoms with van der Waals surface area (Å²) in [5.74, 6) is 0. The number of hydrogen-bond donors (Lipinski definition) is 0. The number of thiophene rings is 1. The summed E-state index contributed by atoms with van der Waals surface area (Å²) in [6, 6.07) is 66.6. The van der Waals surface area contributed by atoms with Gasteiger partial charge in [-0.25, -0.2) is 0 Å². The van der Waals surface area contributed by atoms with E-state index in [4.69, 9.17) is 0 Å². The molecule has 0 radical (unpaired) electrons. The highest BCUT2D eigenvalue weighted by molar-refractivity contribution is 7.25. The van der Waals surface area contributed by atoms with Crippen LogP contribution in [0, 0.1) is 0 Å². The number of hydrogen-bond acceptors (Lipinski definition) is 1. The van der Waals surface area contributed by atoms with Crippen molar-refractivity contribution in [3.8, 4) is 33.6 Å². The average molecular weight is 667 g/mol. The van der Waals surface area contributed by atoms with Gasteiger partial charge in [0, 0.05) is 53.1 Å². The lowest BCUT2D eigenvalue weighted by Gasteiger charge is -2.12. The summed E-state index contributed by atoms with van der Waals surface area (Å²) in [5, 5.41) is 7.69. The second kappa shape index (κ2) is 11.0. The van der Waals surface area contributed by atoms with Gasteiger partial charge in [-0.1, -0.05) is 127 Å². The Bertz CT molecular complexity index is 3140. The minimum absolute atomic E-state index is 1.15. The fraction of sp³-hybridized carbons (Fsp3) is 0. The number of fused-ring (bicyclic) bond motifs is 10. The van der Waals surface area contributed by atoms with Crippen molar-refractivity contribution in [3.05, 3.63) is 182 Å². The van der Waals surface area contributed by atoms with Gasteiger partial charge in [0.05, 0.1) is 22.1 Å². The molecule has 2 nitrogen and oxygen atoms in total. The number of nitrogens with zero attached hydrogens (tertiary/aromatic N) is 2. The molecule has 11 rings (SSSR count). The summed E-state index contributed by atoms with van der Waals surface area (Å²) >= 11 is 1.87. The zero-order valence-electron chi connectivity index (χ0n) is 27.6. The highest BCUT2D eigenvalue weighted by Gasteiger charge is 2.21. The number of rotatable bonds is 4. The molecule has 238 valence electrons. The topological polar surface area (TPSA) is 9.86 Å². The van der Waals surface area contributed by atoms with E-state index in [9.17, 15) is 0 Å². The van der Waals surface area contributed by atoms with Gasteiger partial charge >= 0.3 is 0 Å². The molecular weight excluding hydrogens is 637 g/mol. The molecule has 0 aliphatic heterocycles. The van der Waals surface area contributed by atoms with E-state index in [1.165, 1.54) is 91.7 Å². The monoisotopic (exact) mass is 666 g/mol. The quantitative estimate of drug-likeness (QED) is 0.177. The summed E-state index contributed by atoms with van der Waals surface area (Å²) in [7, 11) is 0. The number of aromatic nitrogens is 2. The van der Waals surface area contributed by atoms with E-state index in [1.807, 2.05) is 11.3 Å². The lowest BCUT2D eigenvalue weighted by molar-refractivity contribution is 1.18. The first-order valence-electron chi connectivity index (χ1n) is 17.4.